The third kappa shape index (κ3) is 3.20. The second-order valence-corrected chi connectivity index (χ2v) is 5.76. The summed E-state index contributed by atoms with van der Waals surface area (Å²) in [5.41, 5.74) is 5.58. The number of anilines is 2. The molecule has 0 bridgehead atoms. The Morgan fingerprint density at radius 1 is 1.10 bits per heavy atom. The van der Waals surface area contributed by atoms with E-state index >= 15 is 0 Å². The maximum Gasteiger partial charge on any atom is 0.225 e. The van der Waals surface area contributed by atoms with Crippen LogP contribution < -0.4 is 10.6 Å². The zero-order valence-electron chi connectivity index (χ0n) is 11.1. The van der Waals surface area contributed by atoms with Gasteiger partial charge >= 0.3 is 0 Å². The minimum absolute atomic E-state index is 0.547. The molecule has 0 unspecified atom stereocenters. The Morgan fingerprint density at radius 3 is 2.50 bits per heavy atom. The highest BCUT2D eigenvalue weighted by molar-refractivity contribution is 7.15. The van der Waals surface area contributed by atoms with Gasteiger partial charge in [0.2, 0.25) is 11.1 Å². The predicted molar refractivity (Wildman–Crippen MR) is 78.7 cm³/mol. The molecule has 7 nitrogen and oxygen atoms in total. The number of nitrogens with zero attached hydrogens (tertiary/aromatic N) is 6. The van der Waals surface area contributed by atoms with E-state index in [1.165, 1.54) is 11.3 Å². The number of hydrogen-bond acceptors (Lipinski definition) is 8. The van der Waals surface area contributed by atoms with Crippen molar-refractivity contribution in [1.82, 2.24) is 25.1 Å². The molecule has 0 atom stereocenters. The van der Waals surface area contributed by atoms with Crippen molar-refractivity contribution in [3.05, 3.63) is 23.5 Å². The Bertz CT molecular complexity index is 536. The summed E-state index contributed by atoms with van der Waals surface area (Å²) in [5, 5.41) is 9.44. The SMILES string of the molecule is Nc1nnc(CCN2CCN(c3ncccn3)CC2)s1. The van der Waals surface area contributed by atoms with Gasteiger partial charge in [0, 0.05) is 51.5 Å². The van der Waals surface area contributed by atoms with E-state index in [4.69, 9.17) is 5.73 Å². The van der Waals surface area contributed by atoms with Crippen molar-refractivity contribution in [1.29, 1.82) is 0 Å². The summed E-state index contributed by atoms with van der Waals surface area (Å²) >= 11 is 1.47. The van der Waals surface area contributed by atoms with Crippen LogP contribution in [0.5, 0.6) is 0 Å². The molecular formula is C12H17N7S. The Labute approximate surface area is 121 Å². The van der Waals surface area contributed by atoms with E-state index in [2.05, 4.69) is 30.0 Å². The van der Waals surface area contributed by atoms with Crippen molar-refractivity contribution in [3.8, 4) is 0 Å². The van der Waals surface area contributed by atoms with Gasteiger partial charge in [-0.25, -0.2) is 9.97 Å². The van der Waals surface area contributed by atoms with Crippen LogP contribution in [0.2, 0.25) is 0 Å². The molecule has 3 rings (SSSR count). The average molecular weight is 291 g/mol. The molecule has 0 aromatic carbocycles. The van der Waals surface area contributed by atoms with Gasteiger partial charge in [0.25, 0.3) is 0 Å². The second kappa shape index (κ2) is 6.10. The average Bonchev–Trinajstić information content (AvgIpc) is 2.92. The van der Waals surface area contributed by atoms with E-state index in [-0.39, 0.29) is 0 Å². The van der Waals surface area contributed by atoms with Crippen molar-refractivity contribution in [2.45, 2.75) is 6.42 Å². The Morgan fingerprint density at radius 2 is 1.85 bits per heavy atom. The van der Waals surface area contributed by atoms with Crippen LogP contribution in [-0.4, -0.2) is 57.8 Å². The normalized spacial score (nSPS) is 16.5. The number of rotatable bonds is 4. The summed E-state index contributed by atoms with van der Waals surface area (Å²) in [6.45, 7) is 4.96. The lowest BCUT2D eigenvalue weighted by Gasteiger charge is -2.34. The Balaban J connectivity index is 1.47. The largest absolute Gasteiger partial charge is 0.374 e. The summed E-state index contributed by atoms with van der Waals surface area (Å²) in [7, 11) is 0. The molecule has 2 aromatic heterocycles. The third-order valence-electron chi connectivity index (χ3n) is 3.33. The summed E-state index contributed by atoms with van der Waals surface area (Å²) in [4.78, 5) is 13.2. The maximum atomic E-state index is 5.58. The monoisotopic (exact) mass is 291 g/mol. The second-order valence-electron chi connectivity index (χ2n) is 4.66. The Hall–Kier alpha value is -1.80. The molecule has 1 fully saturated rings. The van der Waals surface area contributed by atoms with Gasteiger partial charge in [-0.1, -0.05) is 11.3 Å². The lowest BCUT2D eigenvalue weighted by Crippen LogP contribution is -2.47. The molecule has 2 aromatic rings. The summed E-state index contributed by atoms with van der Waals surface area (Å²) in [6.07, 6.45) is 4.49. The molecule has 3 heterocycles. The van der Waals surface area contributed by atoms with Crippen molar-refractivity contribution in [2.24, 2.45) is 0 Å². The highest BCUT2D eigenvalue weighted by Gasteiger charge is 2.18. The van der Waals surface area contributed by atoms with Gasteiger partial charge in [0.1, 0.15) is 5.01 Å². The first kappa shape index (κ1) is 13.2. The predicted octanol–water partition coefficient (Wildman–Crippen LogP) is 0.275. The topological polar surface area (TPSA) is 84.1 Å². The van der Waals surface area contributed by atoms with E-state index in [9.17, 15) is 0 Å². The summed E-state index contributed by atoms with van der Waals surface area (Å²) < 4.78 is 0. The highest BCUT2D eigenvalue weighted by Crippen LogP contribution is 2.13. The van der Waals surface area contributed by atoms with Gasteiger partial charge in [-0.15, -0.1) is 10.2 Å². The first-order valence-corrected chi connectivity index (χ1v) is 7.45. The van der Waals surface area contributed by atoms with Crippen molar-refractivity contribution >= 4 is 22.4 Å². The Kier molecular flexibility index (Phi) is 4.03. The molecule has 106 valence electrons. The van der Waals surface area contributed by atoms with Gasteiger partial charge in [-0.05, 0) is 6.07 Å². The van der Waals surface area contributed by atoms with Gasteiger partial charge in [-0.3, -0.25) is 4.90 Å². The molecule has 1 saturated heterocycles. The molecule has 0 amide bonds. The molecule has 8 heteroatoms. The molecule has 20 heavy (non-hydrogen) atoms. The van der Waals surface area contributed by atoms with Gasteiger partial charge in [-0.2, -0.15) is 0 Å². The number of nitrogen functional groups attached to an aromatic ring is 1. The molecular weight excluding hydrogens is 274 g/mol. The quantitative estimate of drug-likeness (QED) is 0.865. The number of piperazine rings is 1. The van der Waals surface area contributed by atoms with E-state index in [1.807, 2.05) is 6.07 Å². The van der Waals surface area contributed by atoms with Crippen LogP contribution in [0.1, 0.15) is 5.01 Å². The van der Waals surface area contributed by atoms with Crippen LogP contribution >= 0.6 is 11.3 Å². The lowest BCUT2D eigenvalue weighted by molar-refractivity contribution is 0.259. The molecule has 1 aliphatic rings. The van der Waals surface area contributed by atoms with Gasteiger partial charge in [0.15, 0.2) is 0 Å². The molecule has 0 spiro atoms. The molecule has 1 aliphatic heterocycles. The van der Waals surface area contributed by atoms with Crippen LogP contribution in [0.25, 0.3) is 0 Å². The number of nitrogens with two attached hydrogens (primary N) is 1. The minimum atomic E-state index is 0.547. The van der Waals surface area contributed by atoms with Crippen LogP contribution in [0, 0.1) is 0 Å². The van der Waals surface area contributed by atoms with Crippen LogP contribution in [0.4, 0.5) is 11.1 Å². The van der Waals surface area contributed by atoms with Gasteiger partial charge < -0.3 is 10.6 Å². The van der Waals surface area contributed by atoms with Gasteiger partial charge in [0.05, 0.1) is 0 Å². The summed E-state index contributed by atoms with van der Waals surface area (Å²) in [5.74, 6) is 0.823. The maximum absolute atomic E-state index is 5.58. The van der Waals surface area contributed by atoms with E-state index in [0.29, 0.717) is 5.13 Å². The zero-order chi connectivity index (χ0) is 13.8. The molecule has 2 N–H and O–H groups in total. The van der Waals surface area contributed by atoms with Crippen LogP contribution in [0.3, 0.4) is 0 Å². The van der Waals surface area contributed by atoms with Crippen molar-refractivity contribution < 1.29 is 0 Å². The van der Waals surface area contributed by atoms with E-state index in [1.54, 1.807) is 12.4 Å². The summed E-state index contributed by atoms with van der Waals surface area (Å²) in [6, 6.07) is 1.84. The van der Waals surface area contributed by atoms with Crippen molar-refractivity contribution in [3.63, 3.8) is 0 Å². The lowest BCUT2D eigenvalue weighted by atomic mass is 10.3. The molecule has 0 saturated carbocycles. The smallest absolute Gasteiger partial charge is 0.225 e. The fourth-order valence-electron chi connectivity index (χ4n) is 2.25. The highest BCUT2D eigenvalue weighted by atomic mass is 32.1. The minimum Gasteiger partial charge on any atom is -0.374 e. The van der Waals surface area contributed by atoms with Crippen molar-refractivity contribution in [2.75, 3.05) is 43.4 Å². The van der Waals surface area contributed by atoms with E-state index in [0.717, 1.165) is 50.1 Å². The van der Waals surface area contributed by atoms with Crippen LogP contribution in [0.15, 0.2) is 18.5 Å². The van der Waals surface area contributed by atoms with E-state index < -0.39 is 0 Å². The standard InChI is InChI=1S/C12H17N7S/c13-11-17-16-10(20-11)2-5-18-6-8-19(9-7-18)12-14-3-1-4-15-12/h1,3-4H,2,5-9H2,(H2,13,17). The molecule has 0 aliphatic carbocycles. The first-order chi connectivity index (χ1) is 9.81. The fraction of sp³-hybridized carbons (Fsp3) is 0.500. The fourth-order valence-corrected chi connectivity index (χ4v) is 2.85. The van der Waals surface area contributed by atoms with Crippen LogP contribution in [-0.2, 0) is 6.42 Å². The first-order valence-electron chi connectivity index (χ1n) is 6.63. The third-order valence-corrected chi connectivity index (χ3v) is 4.14. The molecule has 0 radical (unpaired) electrons. The number of hydrogen-bond donors (Lipinski definition) is 1. The zero-order valence-corrected chi connectivity index (χ0v) is 12.0. The number of aromatic nitrogens is 4.